The summed E-state index contributed by atoms with van der Waals surface area (Å²) in [6.07, 6.45) is 0.737. The predicted octanol–water partition coefficient (Wildman–Crippen LogP) is 2.77. The molecule has 0 spiro atoms. The third-order valence-electron chi connectivity index (χ3n) is 1.28. The van der Waals surface area contributed by atoms with Crippen LogP contribution in [0.2, 0.25) is 5.02 Å². The van der Waals surface area contributed by atoms with Gasteiger partial charge in [0.25, 0.3) is 0 Å². The number of thiol groups is 1. The van der Waals surface area contributed by atoms with E-state index in [-0.39, 0.29) is 0 Å². The monoisotopic (exact) mass is 182 g/mol. The first kappa shape index (κ1) is 8.52. The molecular weight excluding hydrogens is 176 g/mol. The molecule has 0 heterocycles. The van der Waals surface area contributed by atoms with E-state index in [4.69, 9.17) is 11.6 Å². The van der Waals surface area contributed by atoms with Gasteiger partial charge < -0.3 is 0 Å². The van der Waals surface area contributed by atoms with Crippen molar-refractivity contribution in [1.82, 2.24) is 0 Å². The highest BCUT2D eigenvalue weighted by atomic mass is 35.5. The Morgan fingerprint density at radius 1 is 1.27 bits per heavy atom. The number of hydrogen-bond acceptors (Lipinski definition) is 1. The molecule has 0 radical (unpaired) electrons. The molecule has 0 nitrogen and oxygen atoms in total. The molecular formula is C9H7ClS. The van der Waals surface area contributed by atoms with E-state index in [1.54, 1.807) is 0 Å². The summed E-state index contributed by atoms with van der Waals surface area (Å²) in [7, 11) is 0. The fraction of sp³-hybridized carbons (Fsp3) is 0.111. The first-order valence-electron chi connectivity index (χ1n) is 3.19. The molecule has 0 bridgehead atoms. The second kappa shape index (κ2) is 4.33. The number of halogens is 1. The van der Waals surface area contributed by atoms with Crippen LogP contribution < -0.4 is 0 Å². The highest BCUT2D eigenvalue weighted by molar-refractivity contribution is 7.85. The fourth-order valence-corrected chi connectivity index (χ4v) is 0.949. The van der Waals surface area contributed by atoms with Gasteiger partial charge in [0.05, 0.1) is 0 Å². The van der Waals surface area contributed by atoms with Crippen LogP contribution in [-0.4, -0.2) is 0 Å². The van der Waals surface area contributed by atoms with Crippen molar-refractivity contribution in [3.63, 3.8) is 0 Å². The number of hydrogen-bond donors (Lipinski definition) is 1. The number of rotatable bonds is 1. The largest absolute Gasteiger partial charge is 0.0922 e. The van der Waals surface area contributed by atoms with Crippen molar-refractivity contribution in [3.8, 4) is 11.2 Å². The van der Waals surface area contributed by atoms with Crippen molar-refractivity contribution in [2.75, 3.05) is 0 Å². The zero-order chi connectivity index (χ0) is 8.10. The Kier molecular flexibility index (Phi) is 3.35. The summed E-state index contributed by atoms with van der Waals surface area (Å²) in [5.41, 5.74) is 1.16. The van der Waals surface area contributed by atoms with E-state index in [1.807, 2.05) is 24.3 Å². The minimum absolute atomic E-state index is 0.737. The lowest BCUT2D eigenvalue weighted by atomic mass is 10.2. The molecule has 11 heavy (non-hydrogen) atoms. The quantitative estimate of drug-likeness (QED) is 0.501. The third-order valence-corrected chi connectivity index (χ3v) is 1.69. The van der Waals surface area contributed by atoms with E-state index in [2.05, 4.69) is 23.8 Å². The normalized spacial score (nSPS) is 8.55. The van der Waals surface area contributed by atoms with Crippen molar-refractivity contribution >= 4 is 24.2 Å². The molecule has 0 saturated carbocycles. The van der Waals surface area contributed by atoms with Gasteiger partial charge in [0.2, 0.25) is 0 Å². The van der Waals surface area contributed by atoms with Crippen LogP contribution in [0.3, 0.4) is 0 Å². The zero-order valence-electron chi connectivity index (χ0n) is 5.84. The van der Waals surface area contributed by atoms with Crippen molar-refractivity contribution in [2.45, 2.75) is 6.42 Å². The third kappa shape index (κ3) is 2.88. The van der Waals surface area contributed by atoms with E-state index >= 15 is 0 Å². The first-order valence-corrected chi connectivity index (χ1v) is 4.02. The van der Waals surface area contributed by atoms with Crippen LogP contribution >= 0.6 is 24.2 Å². The molecule has 0 aliphatic carbocycles. The smallest absolute Gasteiger partial charge is 0.0406 e. The molecule has 1 aromatic rings. The summed E-state index contributed by atoms with van der Waals surface area (Å²) in [6.45, 7) is 0. The molecule has 56 valence electrons. The van der Waals surface area contributed by atoms with Gasteiger partial charge in [-0.3, -0.25) is 0 Å². The van der Waals surface area contributed by atoms with Crippen LogP contribution in [-0.2, 0) is 6.42 Å². The molecule has 0 N–H and O–H groups in total. The van der Waals surface area contributed by atoms with E-state index in [0.29, 0.717) is 0 Å². The van der Waals surface area contributed by atoms with Crippen molar-refractivity contribution in [3.05, 3.63) is 34.9 Å². The van der Waals surface area contributed by atoms with Crippen LogP contribution in [0.25, 0.3) is 0 Å². The maximum atomic E-state index is 5.69. The molecule has 0 atom stereocenters. The molecule has 0 fully saturated rings. The van der Waals surface area contributed by atoms with Crippen LogP contribution in [0.5, 0.6) is 0 Å². The van der Waals surface area contributed by atoms with Crippen LogP contribution in [0, 0.1) is 11.2 Å². The lowest BCUT2D eigenvalue weighted by Crippen LogP contribution is -1.78. The van der Waals surface area contributed by atoms with E-state index in [1.165, 1.54) is 0 Å². The van der Waals surface area contributed by atoms with Gasteiger partial charge in [-0.05, 0) is 22.9 Å². The fourth-order valence-electron chi connectivity index (χ4n) is 0.744. The molecule has 0 aliphatic heterocycles. The summed E-state index contributed by atoms with van der Waals surface area (Å²) >= 11 is 9.48. The Morgan fingerprint density at radius 2 is 1.91 bits per heavy atom. The first-order chi connectivity index (χ1) is 5.33. The summed E-state index contributed by atoms with van der Waals surface area (Å²) in [5.74, 6) is 2.86. The highest BCUT2D eigenvalue weighted by Gasteiger charge is 1.88. The minimum Gasteiger partial charge on any atom is -0.0922 e. The molecule has 0 aromatic heterocycles. The van der Waals surface area contributed by atoms with Gasteiger partial charge in [-0.25, -0.2) is 0 Å². The molecule has 0 unspecified atom stereocenters. The predicted molar refractivity (Wildman–Crippen MR) is 51.9 cm³/mol. The number of benzene rings is 1. The van der Waals surface area contributed by atoms with E-state index in [9.17, 15) is 0 Å². The Balaban J connectivity index is 2.71. The topological polar surface area (TPSA) is 0 Å². The molecule has 0 amide bonds. The van der Waals surface area contributed by atoms with Gasteiger partial charge in [-0.2, -0.15) is 0 Å². The van der Waals surface area contributed by atoms with E-state index in [0.717, 1.165) is 17.0 Å². The van der Waals surface area contributed by atoms with Crippen molar-refractivity contribution in [1.29, 1.82) is 0 Å². The maximum Gasteiger partial charge on any atom is 0.0406 e. The summed E-state index contributed by atoms with van der Waals surface area (Å²) in [4.78, 5) is 0. The Bertz CT molecular complexity index is 279. The summed E-state index contributed by atoms with van der Waals surface area (Å²) in [5, 5.41) is 3.30. The van der Waals surface area contributed by atoms with Crippen LogP contribution in [0.1, 0.15) is 5.56 Å². The van der Waals surface area contributed by atoms with E-state index < -0.39 is 0 Å². The van der Waals surface area contributed by atoms with Gasteiger partial charge in [-0.15, -0.1) is 0 Å². The average molecular weight is 183 g/mol. The van der Waals surface area contributed by atoms with Gasteiger partial charge in [0.15, 0.2) is 0 Å². The zero-order valence-corrected chi connectivity index (χ0v) is 7.49. The van der Waals surface area contributed by atoms with Gasteiger partial charge in [-0.1, -0.05) is 42.3 Å². The van der Waals surface area contributed by atoms with Crippen LogP contribution in [0.15, 0.2) is 24.3 Å². The van der Waals surface area contributed by atoms with Gasteiger partial charge in [0, 0.05) is 11.4 Å². The SMILES string of the molecule is SC#CCc1ccc(Cl)cc1. The maximum absolute atomic E-state index is 5.69. The molecule has 2 heteroatoms. The van der Waals surface area contributed by atoms with Crippen molar-refractivity contribution < 1.29 is 0 Å². The molecule has 0 aliphatic rings. The van der Waals surface area contributed by atoms with Gasteiger partial charge >= 0.3 is 0 Å². The lowest BCUT2D eigenvalue weighted by molar-refractivity contribution is 1.32. The second-order valence-electron chi connectivity index (χ2n) is 2.09. The summed E-state index contributed by atoms with van der Waals surface area (Å²) < 4.78 is 0. The lowest BCUT2D eigenvalue weighted by Gasteiger charge is -1.93. The standard InChI is InChI=1S/C9H7ClS/c10-9-5-3-8(4-6-9)2-1-7-11/h3-6,11H,2H2. The van der Waals surface area contributed by atoms with Gasteiger partial charge in [0.1, 0.15) is 0 Å². The minimum atomic E-state index is 0.737. The Hall–Kier alpha value is -0.580. The average Bonchev–Trinajstić information content (AvgIpc) is 2.04. The summed E-state index contributed by atoms with van der Waals surface area (Å²) in [6, 6.07) is 7.63. The highest BCUT2D eigenvalue weighted by Crippen LogP contribution is 2.09. The van der Waals surface area contributed by atoms with Crippen LogP contribution in [0.4, 0.5) is 0 Å². The second-order valence-corrected chi connectivity index (χ2v) is 2.75. The van der Waals surface area contributed by atoms with Crippen molar-refractivity contribution in [2.24, 2.45) is 0 Å². The Morgan fingerprint density at radius 3 is 2.45 bits per heavy atom. The molecule has 1 aromatic carbocycles. The Labute approximate surface area is 77.0 Å². The molecule has 1 rings (SSSR count). The molecule has 0 saturated heterocycles.